The van der Waals surface area contributed by atoms with Gasteiger partial charge >= 0.3 is 5.97 Å². The van der Waals surface area contributed by atoms with Crippen LogP contribution in [0.1, 0.15) is 41.4 Å². The second-order valence-corrected chi connectivity index (χ2v) is 8.61. The van der Waals surface area contributed by atoms with Crippen LogP contribution in [-0.2, 0) is 6.42 Å². The number of carbonyl (C=O) groups is 1. The maximum absolute atomic E-state index is 14.6. The summed E-state index contributed by atoms with van der Waals surface area (Å²) in [6.07, 6.45) is 1.34. The molecule has 0 bridgehead atoms. The summed E-state index contributed by atoms with van der Waals surface area (Å²) in [7, 11) is 3.54. The zero-order chi connectivity index (χ0) is 23.7. The summed E-state index contributed by atoms with van der Waals surface area (Å²) in [6.45, 7) is 3.51. The molecule has 0 fully saturated rings. The highest BCUT2D eigenvalue weighted by atomic mass is 35.5. The Morgan fingerprint density at radius 2 is 1.97 bits per heavy atom. The van der Waals surface area contributed by atoms with Gasteiger partial charge in [-0.1, -0.05) is 37.6 Å². The number of nitrogens with zero attached hydrogens (tertiary/aromatic N) is 3. The van der Waals surface area contributed by atoms with Gasteiger partial charge in [0.1, 0.15) is 22.8 Å². The van der Waals surface area contributed by atoms with E-state index in [-0.39, 0.29) is 35.0 Å². The molecule has 2 heterocycles. The second kappa shape index (κ2) is 9.26. The lowest BCUT2D eigenvalue weighted by atomic mass is 10.0. The van der Waals surface area contributed by atoms with Crippen molar-refractivity contribution in [3.05, 3.63) is 68.2 Å². The Bertz CT molecular complexity index is 1240. The fraction of sp³-hybridized carbons (Fsp3) is 0.348. The standard InChI is InChI=1S/C23H25ClFN3O4/c1-12(2)18(11-29)28-10-16(23(31)32)20(30)15-9-14(21(27(3)4)26-22(15)28)8-13-6-5-7-17(24)19(13)25/h5-7,9-10,12,18,29H,8,11H2,1-4H3,(H,31,32)/t18-/m1/s1. The number of aromatic carboxylic acids is 1. The minimum absolute atomic E-state index is 0.0131. The van der Waals surface area contributed by atoms with Crippen molar-refractivity contribution in [2.75, 3.05) is 25.6 Å². The van der Waals surface area contributed by atoms with E-state index in [9.17, 15) is 24.2 Å². The third kappa shape index (κ3) is 4.33. The fourth-order valence-electron chi connectivity index (χ4n) is 3.74. The minimum Gasteiger partial charge on any atom is -0.477 e. The number of rotatable bonds is 7. The third-order valence-electron chi connectivity index (χ3n) is 5.44. The molecule has 0 aliphatic rings. The molecule has 0 spiro atoms. The topological polar surface area (TPSA) is 95.7 Å². The number of aliphatic hydroxyl groups excluding tert-OH is 1. The van der Waals surface area contributed by atoms with E-state index in [1.165, 1.54) is 12.3 Å². The van der Waals surface area contributed by atoms with E-state index in [1.54, 1.807) is 41.8 Å². The Kier molecular flexibility index (Phi) is 6.85. The largest absolute Gasteiger partial charge is 0.477 e. The second-order valence-electron chi connectivity index (χ2n) is 8.20. The van der Waals surface area contributed by atoms with Crippen molar-refractivity contribution >= 4 is 34.4 Å². The minimum atomic E-state index is -1.37. The van der Waals surface area contributed by atoms with Crippen molar-refractivity contribution in [2.24, 2.45) is 5.92 Å². The number of carboxylic acid groups (broad SMARTS) is 1. The van der Waals surface area contributed by atoms with Crippen LogP contribution in [0.2, 0.25) is 5.02 Å². The molecule has 0 aliphatic heterocycles. The van der Waals surface area contributed by atoms with E-state index in [0.29, 0.717) is 16.9 Å². The lowest BCUT2D eigenvalue weighted by Crippen LogP contribution is -2.27. The van der Waals surface area contributed by atoms with Crippen LogP contribution >= 0.6 is 11.6 Å². The average Bonchev–Trinajstić information content (AvgIpc) is 2.72. The quantitative estimate of drug-likeness (QED) is 0.556. The Morgan fingerprint density at radius 1 is 1.28 bits per heavy atom. The molecular weight excluding hydrogens is 437 g/mol. The van der Waals surface area contributed by atoms with E-state index in [1.807, 2.05) is 13.8 Å². The third-order valence-corrected chi connectivity index (χ3v) is 5.73. The number of pyridine rings is 2. The summed E-state index contributed by atoms with van der Waals surface area (Å²) in [5.74, 6) is -1.49. The predicted octanol–water partition coefficient (Wildman–Crippen LogP) is 3.73. The number of aliphatic hydroxyl groups is 1. The van der Waals surface area contributed by atoms with Gasteiger partial charge in [-0.25, -0.2) is 14.2 Å². The van der Waals surface area contributed by atoms with Gasteiger partial charge in [0.05, 0.1) is 23.1 Å². The number of fused-ring (bicyclic) bond motifs is 1. The summed E-state index contributed by atoms with van der Waals surface area (Å²) in [5, 5.41) is 19.6. The summed E-state index contributed by atoms with van der Waals surface area (Å²) in [5.41, 5.74) is 0.0179. The Morgan fingerprint density at radius 3 is 2.53 bits per heavy atom. The van der Waals surface area contributed by atoms with Crippen LogP contribution in [0.25, 0.3) is 11.0 Å². The molecule has 3 aromatic rings. The van der Waals surface area contributed by atoms with Crippen LogP contribution in [0.4, 0.5) is 10.2 Å². The van der Waals surface area contributed by atoms with Gasteiger partial charge < -0.3 is 19.7 Å². The monoisotopic (exact) mass is 461 g/mol. The number of halogens is 2. The maximum Gasteiger partial charge on any atom is 0.341 e. The lowest BCUT2D eigenvalue weighted by molar-refractivity contribution is 0.0694. The molecule has 2 aromatic heterocycles. The van der Waals surface area contributed by atoms with Gasteiger partial charge in [0, 0.05) is 32.3 Å². The molecule has 0 aliphatic carbocycles. The summed E-state index contributed by atoms with van der Waals surface area (Å²) >= 11 is 5.92. The first kappa shape index (κ1) is 23.7. The highest BCUT2D eigenvalue weighted by molar-refractivity contribution is 6.30. The van der Waals surface area contributed by atoms with E-state index in [0.717, 1.165) is 0 Å². The Balaban J connectivity index is 2.37. The zero-order valence-electron chi connectivity index (χ0n) is 18.3. The van der Waals surface area contributed by atoms with E-state index < -0.39 is 28.8 Å². The molecule has 0 saturated carbocycles. The first-order valence-corrected chi connectivity index (χ1v) is 10.5. The molecule has 9 heteroatoms. The van der Waals surface area contributed by atoms with Crippen molar-refractivity contribution < 1.29 is 19.4 Å². The van der Waals surface area contributed by atoms with Crippen molar-refractivity contribution in [3.8, 4) is 0 Å². The van der Waals surface area contributed by atoms with Crippen LogP contribution in [0.15, 0.2) is 35.3 Å². The van der Waals surface area contributed by atoms with Gasteiger partial charge in [-0.2, -0.15) is 0 Å². The molecule has 32 heavy (non-hydrogen) atoms. The van der Waals surface area contributed by atoms with Crippen molar-refractivity contribution in [2.45, 2.75) is 26.3 Å². The Hall–Kier alpha value is -2.97. The number of hydrogen-bond acceptors (Lipinski definition) is 5. The Labute approximate surface area is 189 Å². The van der Waals surface area contributed by atoms with Crippen LogP contribution in [-0.4, -0.2) is 46.4 Å². The van der Waals surface area contributed by atoms with Crippen LogP contribution in [0.3, 0.4) is 0 Å². The smallest absolute Gasteiger partial charge is 0.341 e. The molecule has 170 valence electrons. The first-order chi connectivity index (χ1) is 15.1. The van der Waals surface area contributed by atoms with Crippen molar-refractivity contribution in [1.29, 1.82) is 0 Å². The van der Waals surface area contributed by atoms with Crippen LogP contribution in [0, 0.1) is 11.7 Å². The summed E-state index contributed by atoms with van der Waals surface area (Å²) < 4.78 is 16.1. The summed E-state index contributed by atoms with van der Waals surface area (Å²) in [6, 6.07) is 5.74. The van der Waals surface area contributed by atoms with E-state index in [2.05, 4.69) is 4.98 Å². The molecular formula is C23H25ClFN3O4. The summed E-state index contributed by atoms with van der Waals surface area (Å²) in [4.78, 5) is 31.2. The number of benzene rings is 1. The molecule has 7 nitrogen and oxygen atoms in total. The highest BCUT2D eigenvalue weighted by Crippen LogP contribution is 2.29. The lowest BCUT2D eigenvalue weighted by Gasteiger charge is -2.25. The highest BCUT2D eigenvalue weighted by Gasteiger charge is 2.24. The maximum atomic E-state index is 14.6. The molecule has 0 amide bonds. The average molecular weight is 462 g/mol. The molecule has 0 saturated heterocycles. The normalized spacial score (nSPS) is 12.4. The molecule has 0 unspecified atom stereocenters. The SMILES string of the molecule is CC(C)[C@@H](CO)n1cc(C(=O)O)c(=O)c2cc(Cc3cccc(Cl)c3F)c(N(C)C)nc21. The zero-order valence-corrected chi connectivity index (χ0v) is 19.0. The molecule has 1 aromatic carbocycles. The van der Waals surface area contributed by atoms with Crippen LogP contribution < -0.4 is 10.3 Å². The van der Waals surface area contributed by atoms with Gasteiger partial charge in [0.25, 0.3) is 0 Å². The number of hydrogen-bond donors (Lipinski definition) is 2. The molecule has 2 N–H and O–H groups in total. The van der Waals surface area contributed by atoms with Gasteiger partial charge in [-0.15, -0.1) is 0 Å². The van der Waals surface area contributed by atoms with Gasteiger partial charge in [-0.3, -0.25) is 4.79 Å². The van der Waals surface area contributed by atoms with Crippen molar-refractivity contribution in [1.82, 2.24) is 9.55 Å². The van der Waals surface area contributed by atoms with Gasteiger partial charge in [-0.05, 0) is 23.6 Å². The first-order valence-electron chi connectivity index (χ1n) is 10.1. The van der Waals surface area contributed by atoms with Gasteiger partial charge in [0.15, 0.2) is 0 Å². The predicted molar refractivity (Wildman–Crippen MR) is 122 cm³/mol. The number of aromatic nitrogens is 2. The molecule has 1 atom stereocenters. The fourth-order valence-corrected chi connectivity index (χ4v) is 3.93. The molecule has 0 radical (unpaired) electrons. The van der Waals surface area contributed by atoms with E-state index in [4.69, 9.17) is 11.6 Å². The number of anilines is 1. The van der Waals surface area contributed by atoms with E-state index >= 15 is 0 Å². The number of carboxylic acids is 1. The van der Waals surface area contributed by atoms with Crippen LogP contribution in [0.5, 0.6) is 0 Å². The molecule has 3 rings (SSSR count). The van der Waals surface area contributed by atoms with Gasteiger partial charge in [0.2, 0.25) is 5.43 Å². The van der Waals surface area contributed by atoms with Crippen molar-refractivity contribution in [3.63, 3.8) is 0 Å².